The SMILES string of the molecule is CC(C)NC1=CCC(C)(C)C=C1Nc1ccccc1. The van der Waals surface area contributed by atoms with Crippen LogP contribution in [0.4, 0.5) is 5.69 Å². The second-order valence-corrected chi connectivity index (χ2v) is 6.16. The number of para-hydroxylation sites is 1. The first-order chi connectivity index (χ1) is 8.96. The molecule has 19 heavy (non-hydrogen) atoms. The molecule has 0 heterocycles. The lowest BCUT2D eigenvalue weighted by Gasteiger charge is -2.29. The third-order valence-corrected chi connectivity index (χ3v) is 3.15. The molecular weight excluding hydrogens is 232 g/mol. The van der Waals surface area contributed by atoms with E-state index in [-0.39, 0.29) is 5.41 Å². The topological polar surface area (TPSA) is 24.1 Å². The van der Waals surface area contributed by atoms with Crippen LogP contribution in [-0.2, 0) is 0 Å². The van der Waals surface area contributed by atoms with Crippen molar-refractivity contribution >= 4 is 5.69 Å². The molecule has 0 saturated carbocycles. The summed E-state index contributed by atoms with van der Waals surface area (Å²) < 4.78 is 0. The van der Waals surface area contributed by atoms with E-state index in [4.69, 9.17) is 0 Å². The van der Waals surface area contributed by atoms with Gasteiger partial charge >= 0.3 is 0 Å². The lowest BCUT2D eigenvalue weighted by atomic mass is 9.84. The molecule has 102 valence electrons. The predicted molar refractivity (Wildman–Crippen MR) is 82.9 cm³/mol. The van der Waals surface area contributed by atoms with Crippen LogP contribution in [0.5, 0.6) is 0 Å². The zero-order chi connectivity index (χ0) is 13.9. The van der Waals surface area contributed by atoms with Crippen LogP contribution in [0.15, 0.2) is 53.9 Å². The Hall–Kier alpha value is -1.70. The molecule has 0 bridgehead atoms. The molecule has 2 nitrogen and oxygen atoms in total. The van der Waals surface area contributed by atoms with E-state index in [1.165, 1.54) is 11.4 Å². The molecule has 0 saturated heterocycles. The van der Waals surface area contributed by atoms with Crippen molar-refractivity contribution in [2.75, 3.05) is 5.32 Å². The van der Waals surface area contributed by atoms with E-state index in [9.17, 15) is 0 Å². The van der Waals surface area contributed by atoms with Gasteiger partial charge in [0.15, 0.2) is 0 Å². The molecule has 1 aliphatic rings. The van der Waals surface area contributed by atoms with Crippen LogP contribution in [0.1, 0.15) is 34.1 Å². The molecule has 0 aromatic heterocycles. The van der Waals surface area contributed by atoms with Gasteiger partial charge in [0.1, 0.15) is 0 Å². The summed E-state index contributed by atoms with van der Waals surface area (Å²) in [4.78, 5) is 0. The van der Waals surface area contributed by atoms with Crippen molar-refractivity contribution in [3.8, 4) is 0 Å². The predicted octanol–water partition coefficient (Wildman–Crippen LogP) is 4.29. The molecule has 2 heteroatoms. The summed E-state index contributed by atoms with van der Waals surface area (Å²) >= 11 is 0. The maximum Gasteiger partial charge on any atom is 0.0581 e. The number of hydrogen-bond acceptors (Lipinski definition) is 2. The van der Waals surface area contributed by atoms with Crippen molar-refractivity contribution in [2.45, 2.75) is 40.2 Å². The lowest BCUT2D eigenvalue weighted by molar-refractivity contribution is 0.472. The first-order valence-corrected chi connectivity index (χ1v) is 6.98. The maximum absolute atomic E-state index is 3.52. The maximum atomic E-state index is 3.52. The van der Waals surface area contributed by atoms with Crippen LogP contribution in [0.3, 0.4) is 0 Å². The highest BCUT2D eigenvalue weighted by atomic mass is 15.0. The van der Waals surface area contributed by atoms with E-state index < -0.39 is 0 Å². The largest absolute Gasteiger partial charge is 0.381 e. The third kappa shape index (κ3) is 3.88. The molecule has 2 rings (SSSR count). The van der Waals surface area contributed by atoms with Gasteiger partial charge in [0.05, 0.1) is 11.4 Å². The van der Waals surface area contributed by atoms with Crippen LogP contribution in [0, 0.1) is 5.41 Å². The summed E-state index contributed by atoms with van der Waals surface area (Å²) in [7, 11) is 0. The van der Waals surface area contributed by atoms with Crippen LogP contribution >= 0.6 is 0 Å². The fraction of sp³-hybridized carbons (Fsp3) is 0.412. The van der Waals surface area contributed by atoms with Gasteiger partial charge in [0.2, 0.25) is 0 Å². The Labute approximate surface area is 116 Å². The van der Waals surface area contributed by atoms with E-state index in [1.54, 1.807) is 0 Å². The summed E-state index contributed by atoms with van der Waals surface area (Å²) in [6.45, 7) is 8.87. The minimum Gasteiger partial charge on any atom is -0.381 e. The number of nitrogens with one attached hydrogen (secondary N) is 2. The Morgan fingerprint density at radius 2 is 1.74 bits per heavy atom. The Balaban J connectivity index is 2.21. The highest BCUT2D eigenvalue weighted by Crippen LogP contribution is 2.32. The Morgan fingerprint density at radius 3 is 2.37 bits per heavy atom. The summed E-state index contributed by atoms with van der Waals surface area (Å²) in [5.74, 6) is 0. The molecular formula is C17H24N2. The molecule has 1 aromatic carbocycles. The molecule has 0 amide bonds. The van der Waals surface area contributed by atoms with E-state index in [0.29, 0.717) is 6.04 Å². The summed E-state index contributed by atoms with van der Waals surface area (Å²) in [5, 5.41) is 7.04. The van der Waals surface area contributed by atoms with E-state index in [1.807, 2.05) is 6.07 Å². The standard InChI is InChI=1S/C17H24N2/c1-13(2)18-15-10-11-17(3,4)12-16(15)19-14-8-6-5-7-9-14/h5-10,12-13,18-19H,11H2,1-4H3. The fourth-order valence-corrected chi connectivity index (χ4v) is 2.23. The number of allylic oxidation sites excluding steroid dienone is 2. The summed E-state index contributed by atoms with van der Waals surface area (Å²) in [6, 6.07) is 10.8. The van der Waals surface area contributed by atoms with Crippen molar-refractivity contribution in [2.24, 2.45) is 5.41 Å². The van der Waals surface area contributed by atoms with Crippen molar-refractivity contribution in [3.05, 3.63) is 53.9 Å². The number of anilines is 1. The van der Waals surface area contributed by atoms with E-state index >= 15 is 0 Å². The first kappa shape index (κ1) is 13.7. The zero-order valence-electron chi connectivity index (χ0n) is 12.3. The minimum atomic E-state index is 0.208. The molecule has 0 radical (unpaired) electrons. The first-order valence-electron chi connectivity index (χ1n) is 6.98. The summed E-state index contributed by atoms with van der Waals surface area (Å²) in [5.41, 5.74) is 3.72. The second-order valence-electron chi connectivity index (χ2n) is 6.16. The quantitative estimate of drug-likeness (QED) is 0.839. The van der Waals surface area contributed by atoms with Gasteiger partial charge in [-0.15, -0.1) is 0 Å². The lowest BCUT2D eigenvalue weighted by Crippen LogP contribution is -2.28. The van der Waals surface area contributed by atoms with Crippen LogP contribution < -0.4 is 10.6 Å². The number of benzene rings is 1. The van der Waals surface area contributed by atoms with Crippen LogP contribution in [-0.4, -0.2) is 6.04 Å². The molecule has 1 aliphatic carbocycles. The van der Waals surface area contributed by atoms with Gasteiger partial charge in [-0.3, -0.25) is 0 Å². The summed E-state index contributed by atoms with van der Waals surface area (Å²) in [6.07, 6.45) is 5.69. The minimum absolute atomic E-state index is 0.208. The van der Waals surface area contributed by atoms with E-state index in [0.717, 1.165) is 12.1 Å². The van der Waals surface area contributed by atoms with Crippen molar-refractivity contribution in [3.63, 3.8) is 0 Å². The van der Waals surface area contributed by atoms with E-state index in [2.05, 4.69) is 74.7 Å². The molecule has 0 atom stereocenters. The Bertz CT molecular complexity index is 481. The van der Waals surface area contributed by atoms with Crippen LogP contribution in [0.25, 0.3) is 0 Å². The normalized spacial score (nSPS) is 17.7. The molecule has 0 fully saturated rings. The van der Waals surface area contributed by atoms with Crippen molar-refractivity contribution < 1.29 is 0 Å². The number of rotatable bonds is 4. The Morgan fingerprint density at radius 1 is 1.05 bits per heavy atom. The Kier molecular flexibility index (Phi) is 3.98. The zero-order valence-corrected chi connectivity index (χ0v) is 12.3. The van der Waals surface area contributed by atoms with Crippen molar-refractivity contribution in [1.29, 1.82) is 0 Å². The van der Waals surface area contributed by atoms with Crippen LogP contribution in [0.2, 0.25) is 0 Å². The molecule has 0 unspecified atom stereocenters. The number of hydrogen-bond donors (Lipinski definition) is 2. The molecule has 0 spiro atoms. The van der Waals surface area contributed by atoms with Crippen molar-refractivity contribution in [1.82, 2.24) is 5.32 Å². The fourth-order valence-electron chi connectivity index (χ4n) is 2.23. The van der Waals surface area contributed by atoms with Gasteiger partial charge in [-0.05, 0) is 37.8 Å². The average Bonchev–Trinajstić information content (AvgIpc) is 2.33. The van der Waals surface area contributed by atoms with Gasteiger partial charge in [-0.2, -0.15) is 0 Å². The van der Waals surface area contributed by atoms with Gasteiger partial charge in [0, 0.05) is 11.7 Å². The average molecular weight is 256 g/mol. The third-order valence-electron chi connectivity index (χ3n) is 3.15. The van der Waals surface area contributed by atoms with Gasteiger partial charge in [-0.25, -0.2) is 0 Å². The molecule has 0 aliphatic heterocycles. The monoisotopic (exact) mass is 256 g/mol. The highest BCUT2D eigenvalue weighted by Gasteiger charge is 2.22. The molecule has 1 aromatic rings. The second kappa shape index (κ2) is 5.52. The smallest absolute Gasteiger partial charge is 0.0581 e. The van der Waals surface area contributed by atoms with Gasteiger partial charge < -0.3 is 10.6 Å². The highest BCUT2D eigenvalue weighted by molar-refractivity contribution is 5.54. The van der Waals surface area contributed by atoms with Gasteiger partial charge in [-0.1, -0.05) is 44.2 Å². The van der Waals surface area contributed by atoms with Gasteiger partial charge in [0.25, 0.3) is 0 Å². The molecule has 2 N–H and O–H groups in total.